The van der Waals surface area contributed by atoms with Crippen molar-refractivity contribution in [1.29, 1.82) is 0 Å². The van der Waals surface area contributed by atoms with Gasteiger partial charge >= 0.3 is 0 Å². The van der Waals surface area contributed by atoms with Crippen LogP contribution in [0.3, 0.4) is 0 Å². The first-order valence-corrected chi connectivity index (χ1v) is 27.1. The lowest BCUT2D eigenvalue weighted by Crippen LogP contribution is -2.16. The quantitative estimate of drug-likeness (QED) is 0.147. The maximum absolute atomic E-state index is 2.46. The van der Waals surface area contributed by atoms with Crippen LogP contribution in [0.15, 0.2) is 243 Å². The number of hydrogen-bond donors (Lipinski definition) is 0. The number of para-hydroxylation sites is 3. The van der Waals surface area contributed by atoms with E-state index >= 15 is 0 Å². The standard InChI is InChI=1S/C72H58N2S/c1-71(2,3)51-44-50(45-52(46-51)72(4,5)6)58-27-16-20-49-21-17-30-60(68(49)58)59-24-10-13-31-63(59)73(55-42-38-48(39-43-55)57-29-19-35-67-70(57)62-26-12-15-34-66(62)75-67)54-40-36-47(37-41-54)56-28-18-33-65-69(56)61-25-11-14-32-64(61)74(65)53-22-8-7-9-23-53/h7-46H,1-6H3. The second-order valence-corrected chi connectivity index (χ2v) is 23.2. The zero-order valence-electron chi connectivity index (χ0n) is 43.4. The van der Waals surface area contributed by atoms with E-state index in [-0.39, 0.29) is 10.8 Å². The first-order valence-electron chi connectivity index (χ1n) is 26.2. The summed E-state index contributed by atoms with van der Waals surface area (Å²) in [4.78, 5) is 2.46. The van der Waals surface area contributed by atoms with Crippen LogP contribution in [0.4, 0.5) is 17.1 Å². The molecule has 0 bridgehead atoms. The van der Waals surface area contributed by atoms with Gasteiger partial charge in [-0.15, -0.1) is 11.3 Å². The zero-order valence-corrected chi connectivity index (χ0v) is 44.2. The lowest BCUT2D eigenvalue weighted by Gasteiger charge is -2.29. The number of nitrogens with zero attached hydrogens (tertiary/aromatic N) is 2. The van der Waals surface area contributed by atoms with Crippen molar-refractivity contribution < 1.29 is 0 Å². The summed E-state index contributed by atoms with van der Waals surface area (Å²) in [7, 11) is 0. The topological polar surface area (TPSA) is 8.17 Å². The Kier molecular flexibility index (Phi) is 11.2. The van der Waals surface area contributed by atoms with Crippen LogP contribution in [0.5, 0.6) is 0 Å². The summed E-state index contributed by atoms with van der Waals surface area (Å²) < 4.78 is 5.02. The molecule has 0 unspecified atom stereocenters. The van der Waals surface area contributed by atoms with Gasteiger partial charge < -0.3 is 9.47 Å². The first-order chi connectivity index (χ1) is 36.5. The Morgan fingerprint density at radius 3 is 1.51 bits per heavy atom. The molecule has 13 rings (SSSR count). The average Bonchev–Trinajstić information content (AvgIpc) is 4.00. The van der Waals surface area contributed by atoms with E-state index in [9.17, 15) is 0 Å². The molecule has 0 amide bonds. The fraction of sp³-hybridized carbons (Fsp3) is 0.111. The van der Waals surface area contributed by atoms with Crippen molar-refractivity contribution in [2.75, 3.05) is 4.90 Å². The van der Waals surface area contributed by atoms with E-state index in [1.54, 1.807) is 0 Å². The second-order valence-electron chi connectivity index (χ2n) is 22.1. The van der Waals surface area contributed by atoms with Crippen LogP contribution in [-0.4, -0.2) is 4.57 Å². The van der Waals surface area contributed by atoms with Gasteiger partial charge in [-0.25, -0.2) is 0 Å². The third-order valence-corrected chi connectivity index (χ3v) is 16.4. The largest absolute Gasteiger partial charge is 0.310 e. The Bertz CT molecular complexity index is 4260. The van der Waals surface area contributed by atoms with Crippen molar-refractivity contribution in [3.8, 4) is 50.2 Å². The minimum atomic E-state index is -0.0147. The van der Waals surface area contributed by atoms with Crippen molar-refractivity contribution in [1.82, 2.24) is 4.57 Å². The molecule has 0 radical (unpaired) electrons. The summed E-state index contributed by atoms with van der Waals surface area (Å²) in [6.07, 6.45) is 0. The molecule has 13 aromatic rings. The van der Waals surface area contributed by atoms with Crippen molar-refractivity contribution in [2.24, 2.45) is 0 Å². The van der Waals surface area contributed by atoms with Gasteiger partial charge in [-0.3, -0.25) is 0 Å². The predicted molar refractivity (Wildman–Crippen MR) is 325 cm³/mol. The Balaban J connectivity index is 0.996. The summed E-state index contributed by atoms with van der Waals surface area (Å²) >= 11 is 1.87. The minimum absolute atomic E-state index is 0.0147. The molecular weight excluding hydrogens is 925 g/mol. The Hall–Kier alpha value is -8.50. The smallest absolute Gasteiger partial charge is 0.0547 e. The fourth-order valence-electron chi connectivity index (χ4n) is 11.5. The van der Waals surface area contributed by atoms with Gasteiger partial charge in [0, 0.05) is 53.6 Å². The highest BCUT2D eigenvalue weighted by Crippen LogP contribution is 2.48. The molecule has 2 nitrogen and oxygen atoms in total. The van der Waals surface area contributed by atoms with E-state index < -0.39 is 0 Å². The number of fused-ring (bicyclic) bond motifs is 7. The Morgan fingerprint density at radius 2 is 0.840 bits per heavy atom. The van der Waals surface area contributed by atoms with Gasteiger partial charge in [-0.05, 0) is 138 Å². The zero-order chi connectivity index (χ0) is 51.0. The summed E-state index contributed by atoms with van der Waals surface area (Å²) in [5.74, 6) is 0. The summed E-state index contributed by atoms with van der Waals surface area (Å²) in [5.41, 5.74) is 19.2. The number of anilines is 3. The molecule has 0 fully saturated rings. The van der Waals surface area contributed by atoms with Crippen LogP contribution < -0.4 is 4.90 Å². The molecule has 2 aromatic heterocycles. The molecule has 11 aromatic carbocycles. The monoisotopic (exact) mass is 982 g/mol. The van der Waals surface area contributed by atoms with Crippen LogP contribution in [0.25, 0.3) is 103 Å². The van der Waals surface area contributed by atoms with Gasteiger partial charge in [0.25, 0.3) is 0 Å². The van der Waals surface area contributed by atoms with Gasteiger partial charge in [0.05, 0.1) is 16.7 Å². The highest BCUT2D eigenvalue weighted by atomic mass is 32.1. The molecule has 0 aliphatic rings. The maximum Gasteiger partial charge on any atom is 0.0547 e. The third kappa shape index (κ3) is 8.11. The molecule has 75 heavy (non-hydrogen) atoms. The molecule has 0 saturated heterocycles. The molecule has 3 heteroatoms. The van der Waals surface area contributed by atoms with Crippen LogP contribution in [-0.2, 0) is 10.8 Å². The molecule has 0 atom stereocenters. The van der Waals surface area contributed by atoms with Crippen LogP contribution in [0.2, 0.25) is 0 Å². The van der Waals surface area contributed by atoms with E-state index in [0.29, 0.717) is 0 Å². The van der Waals surface area contributed by atoms with Crippen molar-refractivity contribution in [3.63, 3.8) is 0 Å². The Morgan fingerprint density at radius 1 is 0.347 bits per heavy atom. The lowest BCUT2D eigenvalue weighted by molar-refractivity contribution is 0.569. The van der Waals surface area contributed by atoms with E-state index in [1.807, 2.05) is 11.3 Å². The Labute approximate surface area is 444 Å². The molecule has 0 saturated carbocycles. The highest BCUT2D eigenvalue weighted by molar-refractivity contribution is 7.25. The molecule has 362 valence electrons. The third-order valence-electron chi connectivity index (χ3n) is 15.3. The van der Waals surface area contributed by atoms with E-state index in [1.165, 1.54) is 108 Å². The van der Waals surface area contributed by atoms with Crippen LogP contribution in [0.1, 0.15) is 52.7 Å². The summed E-state index contributed by atoms with van der Waals surface area (Å²) in [5, 5.41) is 7.60. The second kappa shape index (κ2) is 18.2. The molecule has 0 aliphatic carbocycles. The van der Waals surface area contributed by atoms with E-state index in [0.717, 1.165) is 22.7 Å². The first kappa shape index (κ1) is 46.3. The molecule has 0 spiro atoms. The summed E-state index contributed by atoms with van der Waals surface area (Å²) in [6, 6.07) is 90.2. The normalized spacial score (nSPS) is 12.1. The number of aromatic nitrogens is 1. The molecular formula is C72H58N2S. The molecule has 0 aliphatic heterocycles. The molecule has 0 N–H and O–H groups in total. The van der Waals surface area contributed by atoms with Gasteiger partial charge in [-0.2, -0.15) is 0 Å². The van der Waals surface area contributed by atoms with Crippen LogP contribution >= 0.6 is 11.3 Å². The van der Waals surface area contributed by atoms with Crippen molar-refractivity contribution >= 4 is 81.1 Å². The predicted octanol–water partition coefficient (Wildman–Crippen LogP) is 21.0. The van der Waals surface area contributed by atoms with E-state index in [4.69, 9.17) is 0 Å². The van der Waals surface area contributed by atoms with Gasteiger partial charge in [0.1, 0.15) is 0 Å². The van der Waals surface area contributed by atoms with Crippen molar-refractivity contribution in [3.05, 3.63) is 254 Å². The maximum atomic E-state index is 2.46. The van der Waals surface area contributed by atoms with E-state index in [2.05, 4.69) is 294 Å². The number of hydrogen-bond acceptors (Lipinski definition) is 2. The highest BCUT2D eigenvalue weighted by Gasteiger charge is 2.25. The lowest BCUT2D eigenvalue weighted by atomic mass is 9.78. The number of thiophene rings is 1. The van der Waals surface area contributed by atoms with Crippen molar-refractivity contribution in [2.45, 2.75) is 52.4 Å². The minimum Gasteiger partial charge on any atom is -0.310 e. The average molecular weight is 983 g/mol. The number of benzene rings is 11. The van der Waals surface area contributed by atoms with Gasteiger partial charge in [0.15, 0.2) is 0 Å². The van der Waals surface area contributed by atoms with Gasteiger partial charge in [0.2, 0.25) is 0 Å². The number of rotatable bonds is 8. The van der Waals surface area contributed by atoms with Crippen LogP contribution in [0, 0.1) is 0 Å². The fourth-order valence-corrected chi connectivity index (χ4v) is 12.6. The molecule has 2 heterocycles. The SMILES string of the molecule is CC(C)(C)c1cc(-c2cccc3cccc(-c4ccccc4N(c4ccc(-c5cccc6sc7ccccc7c56)cc4)c4ccc(-c5cccc6c5c5ccccc5n6-c5ccccc5)cc4)c23)cc(C(C)(C)C)c1. The van der Waals surface area contributed by atoms with Gasteiger partial charge in [-0.1, -0.05) is 217 Å². The summed E-state index contributed by atoms with van der Waals surface area (Å²) in [6.45, 7) is 14.0.